The van der Waals surface area contributed by atoms with Crippen molar-refractivity contribution < 1.29 is 15.0 Å². The van der Waals surface area contributed by atoms with Crippen LogP contribution >= 0.6 is 0 Å². The summed E-state index contributed by atoms with van der Waals surface area (Å²) in [5, 5.41) is 18.3. The lowest BCUT2D eigenvalue weighted by atomic mass is 9.93. The molecule has 0 aromatic heterocycles. The first-order chi connectivity index (χ1) is 9.09. The van der Waals surface area contributed by atoms with Crippen molar-refractivity contribution in [2.24, 2.45) is 0 Å². The van der Waals surface area contributed by atoms with Crippen LogP contribution in [-0.4, -0.2) is 22.3 Å². The van der Waals surface area contributed by atoms with E-state index in [0.717, 1.165) is 16.7 Å². The summed E-state index contributed by atoms with van der Waals surface area (Å²) in [6.07, 6.45) is -1.37. The van der Waals surface area contributed by atoms with Crippen LogP contribution < -0.4 is 0 Å². The SMILES string of the molecule is CC(c1ccc(-c2ccccc2)cc1)C(O)C(=O)O. The van der Waals surface area contributed by atoms with Gasteiger partial charge in [0.05, 0.1) is 0 Å². The van der Waals surface area contributed by atoms with E-state index in [-0.39, 0.29) is 0 Å². The molecule has 98 valence electrons. The number of benzene rings is 2. The van der Waals surface area contributed by atoms with Crippen molar-refractivity contribution in [3.05, 3.63) is 60.2 Å². The lowest BCUT2D eigenvalue weighted by Crippen LogP contribution is -2.25. The van der Waals surface area contributed by atoms with E-state index >= 15 is 0 Å². The molecule has 3 nitrogen and oxygen atoms in total. The van der Waals surface area contributed by atoms with Gasteiger partial charge >= 0.3 is 5.97 Å². The second kappa shape index (κ2) is 5.67. The molecule has 2 atom stereocenters. The second-order valence-corrected chi connectivity index (χ2v) is 4.56. The van der Waals surface area contributed by atoms with Crippen molar-refractivity contribution in [2.45, 2.75) is 18.9 Å². The van der Waals surface area contributed by atoms with Crippen molar-refractivity contribution >= 4 is 5.97 Å². The molecule has 0 saturated carbocycles. The van der Waals surface area contributed by atoms with Crippen LogP contribution in [0.1, 0.15) is 18.4 Å². The topological polar surface area (TPSA) is 57.5 Å². The Morgan fingerprint density at radius 3 is 2.00 bits per heavy atom. The predicted octanol–water partition coefficient (Wildman–Crippen LogP) is 2.90. The van der Waals surface area contributed by atoms with E-state index in [1.165, 1.54) is 0 Å². The van der Waals surface area contributed by atoms with Gasteiger partial charge in [-0.1, -0.05) is 61.5 Å². The first-order valence-electron chi connectivity index (χ1n) is 6.16. The molecule has 2 N–H and O–H groups in total. The normalized spacial score (nSPS) is 13.8. The molecule has 0 aliphatic carbocycles. The van der Waals surface area contributed by atoms with Crippen LogP contribution in [0.15, 0.2) is 54.6 Å². The fraction of sp³-hybridized carbons (Fsp3) is 0.188. The molecule has 2 rings (SSSR count). The van der Waals surface area contributed by atoms with Crippen molar-refractivity contribution in [3.8, 4) is 11.1 Å². The van der Waals surface area contributed by atoms with E-state index in [1.807, 2.05) is 54.6 Å². The molecule has 0 amide bonds. The maximum absolute atomic E-state index is 10.8. The highest BCUT2D eigenvalue weighted by Gasteiger charge is 2.22. The Balaban J connectivity index is 2.22. The Bertz CT molecular complexity index is 546. The molecule has 0 aliphatic heterocycles. The van der Waals surface area contributed by atoms with E-state index in [9.17, 15) is 9.90 Å². The van der Waals surface area contributed by atoms with Gasteiger partial charge in [0.15, 0.2) is 6.10 Å². The lowest BCUT2D eigenvalue weighted by molar-refractivity contribution is -0.147. The van der Waals surface area contributed by atoms with Crippen LogP contribution in [0.5, 0.6) is 0 Å². The van der Waals surface area contributed by atoms with Gasteiger partial charge in [0.25, 0.3) is 0 Å². The number of aliphatic hydroxyl groups is 1. The van der Waals surface area contributed by atoms with Gasteiger partial charge < -0.3 is 10.2 Å². The molecule has 2 aromatic carbocycles. The number of aliphatic hydroxyl groups excluding tert-OH is 1. The molecule has 0 radical (unpaired) electrons. The fourth-order valence-corrected chi connectivity index (χ4v) is 2.01. The highest BCUT2D eigenvalue weighted by molar-refractivity contribution is 5.73. The minimum Gasteiger partial charge on any atom is -0.479 e. The third-order valence-corrected chi connectivity index (χ3v) is 3.27. The summed E-state index contributed by atoms with van der Waals surface area (Å²) < 4.78 is 0. The van der Waals surface area contributed by atoms with E-state index < -0.39 is 18.0 Å². The Hall–Kier alpha value is -2.13. The van der Waals surface area contributed by atoms with Crippen LogP contribution in [0.25, 0.3) is 11.1 Å². The molecule has 2 aromatic rings. The number of aliphatic carboxylic acids is 1. The molecule has 3 heteroatoms. The summed E-state index contributed by atoms with van der Waals surface area (Å²) in [4.78, 5) is 10.8. The van der Waals surface area contributed by atoms with Crippen molar-refractivity contribution in [1.29, 1.82) is 0 Å². The van der Waals surface area contributed by atoms with Gasteiger partial charge in [-0.15, -0.1) is 0 Å². The Kier molecular flexibility index (Phi) is 3.97. The zero-order valence-electron chi connectivity index (χ0n) is 10.7. The zero-order chi connectivity index (χ0) is 13.8. The average Bonchev–Trinajstić information content (AvgIpc) is 2.46. The van der Waals surface area contributed by atoms with E-state index in [4.69, 9.17) is 5.11 Å². The molecule has 0 spiro atoms. The van der Waals surface area contributed by atoms with Gasteiger partial charge in [-0.05, 0) is 16.7 Å². The number of hydrogen-bond acceptors (Lipinski definition) is 2. The van der Waals surface area contributed by atoms with Crippen LogP contribution in [0.2, 0.25) is 0 Å². The Morgan fingerprint density at radius 1 is 0.947 bits per heavy atom. The average molecular weight is 256 g/mol. The van der Waals surface area contributed by atoms with Crippen molar-refractivity contribution in [3.63, 3.8) is 0 Å². The maximum atomic E-state index is 10.8. The summed E-state index contributed by atoms with van der Waals surface area (Å²) >= 11 is 0. The lowest BCUT2D eigenvalue weighted by Gasteiger charge is -2.15. The van der Waals surface area contributed by atoms with Crippen LogP contribution in [0.3, 0.4) is 0 Å². The standard InChI is InChI=1S/C16H16O3/c1-11(15(17)16(18)19)12-7-9-14(10-8-12)13-5-3-2-4-6-13/h2-11,15,17H,1H3,(H,18,19). The first kappa shape index (κ1) is 13.3. The fourth-order valence-electron chi connectivity index (χ4n) is 2.01. The molecule has 19 heavy (non-hydrogen) atoms. The van der Waals surface area contributed by atoms with Gasteiger partial charge in [0.2, 0.25) is 0 Å². The number of carbonyl (C=O) groups is 1. The van der Waals surface area contributed by atoms with Gasteiger partial charge in [-0.3, -0.25) is 0 Å². The summed E-state index contributed by atoms with van der Waals surface area (Å²) in [6.45, 7) is 1.70. The van der Waals surface area contributed by atoms with Crippen molar-refractivity contribution in [1.82, 2.24) is 0 Å². The zero-order valence-corrected chi connectivity index (χ0v) is 10.7. The highest BCUT2D eigenvalue weighted by Crippen LogP contribution is 2.24. The Morgan fingerprint density at radius 2 is 1.47 bits per heavy atom. The molecular weight excluding hydrogens is 240 g/mol. The van der Waals surface area contributed by atoms with Gasteiger partial charge in [0, 0.05) is 5.92 Å². The van der Waals surface area contributed by atoms with Gasteiger partial charge in [0.1, 0.15) is 0 Å². The third kappa shape index (κ3) is 3.01. The summed E-state index contributed by atoms with van der Waals surface area (Å²) in [6, 6.07) is 17.5. The summed E-state index contributed by atoms with van der Waals surface area (Å²) in [7, 11) is 0. The largest absolute Gasteiger partial charge is 0.479 e. The third-order valence-electron chi connectivity index (χ3n) is 3.27. The highest BCUT2D eigenvalue weighted by atomic mass is 16.4. The number of hydrogen-bond donors (Lipinski definition) is 2. The molecule has 2 unspecified atom stereocenters. The molecule has 0 bridgehead atoms. The van der Waals surface area contributed by atoms with Gasteiger partial charge in [-0.2, -0.15) is 0 Å². The smallest absolute Gasteiger partial charge is 0.333 e. The first-order valence-corrected chi connectivity index (χ1v) is 6.16. The summed E-state index contributed by atoms with van der Waals surface area (Å²) in [5.74, 6) is -1.62. The summed E-state index contributed by atoms with van der Waals surface area (Å²) in [5.41, 5.74) is 3.00. The molecule has 0 fully saturated rings. The predicted molar refractivity (Wildman–Crippen MR) is 73.9 cm³/mol. The molecule has 0 aliphatic rings. The molecular formula is C16H16O3. The number of rotatable bonds is 4. The maximum Gasteiger partial charge on any atom is 0.333 e. The quantitative estimate of drug-likeness (QED) is 0.884. The van der Waals surface area contributed by atoms with E-state index in [1.54, 1.807) is 6.92 Å². The molecule has 0 saturated heterocycles. The second-order valence-electron chi connectivity index (χ2n) is 4.56. The van der Waals surface area contributed by atoms with Gasteiger partial charge in [-0.25, -0.2) is 4.79 Å². The minimum atomic E-state index is -1.37. The monoisotopic (exact) mass is 256 g/mol. The number of carboxylic acids is 1. The minimum absolute atomic E-state index is 0.428. The molecule has 0 heterocycles. The number of carboxylic acid groups (broad SMARTS) is 1. The van der Waals surface area contributed by atoms with Crippen LogP contribution in [0, 0.1) is 0 Å². The Labute approximate surface area is 112 Å². The van der Waals surface area contributed by atoms with Crippen LogP contribution in [0.4, 0.5) is 0 Å². The van der Waals surface area contributed by atoms with Crippen molar-refractivity contribution in [2.75, 3.05) is 0 Å². The van der Waals surface area contributed by atoms with E-state index in [0.29, 0.717) is 0 Å². The van der Waals surface area contributed by atoms with E-state index in [2.05, 4.69) is 0 Å². The van der Waals surface area contributed by atoms with Crippen LogP contribution in [-0.2, 0) is 4.79 Å².